The van der Waals surface area contributed by atoms with E-state index in [1.807, 2.05) is 0 Å². The molecule has 0 spiro atoms. The fourth-order valence-corrected chi connectivity index (χ4v) is 1.71. The molecule has 0 bridgehead atoms. The fraction of sp³-hybridized carbons (Fsp3) is 0.143. The minimum atomic E-state index is -0.0580. The zero-order valence-electron chi connectivity index (χ0n) is 10.9. The molecule has 0 amide bonds. The number of rotatable bonds is 5. The Morgan fingerprint density at radius 3 is 2.65 bits per heavy atom. The summed E-state index contributed by atoms with van der Waals surface area (Å²) in [5.74, 6) is 1.44. The Kier molecular flexibility index (Phi) is 4.49. The van der Waals surface area contributed by atoms with Gasteiger partial charge < -0.3 is 20.3 Å². The van der Waals surface area contributed by atoms with E-state index in [1.54, 1.807) is 36.5 Å². The minimum absolute atomic E-state index is 0.0580. The maximum absolute atomic E-state index is 9.09. The van der Waals surface area contributed by atoms with Gasteiger partial charge in [0, 0.05) is 17.8 Å². The predicted molar refractivity (Wildman–Crippen MR) is 79.1 cm³/mol. The van der Waals surface area contributed by atoms with Crippen molar-refractivity contribution >= 4 is 17.2 Å². The van der Waals surface area contributed by atoms with Gasteiger partial charge in [0.25, 0.3) is 0 Å². The number of aliphatic hydroxyl groups excluding tert-OH is 1. The van der Waals surface area contributed by atoms with E-state index in [0.29, 0.717) is 22.9 Å². The Balaban J connectivity index is 2.23. The lowest BCUT2D eigenvalue weighted by molar-refractivity contribution is 0.280. The van der Waals surface area contributed by atoms with E-state index in [4.69, 9.17) is 32.5 Å². The number of hydrogen-bond donors (Lipinski definition) is 2. The van der Waals surface area contributed by atoms with Crippen molar-refractivity contribution in [2.24, 2.45) is 5.73 Å². The molecule has 0 aliphatic rings. The number of nitrogens with two attached hydrogens (primary N) is 1. The van der Waals surface area contributed by atoms with Crippen LogP contribution in [0.5, 0.6) is 17.4 Å². The summed E-state index contributed by atoms with van der Waals surface area (Å²) < 4.78 is 10.9. The Labute approximate surface area is 122 Å². The van der Waals surface area contributed by atoms with Crippen LogP contribution in [0, 0.1) is 0 Å². The first-order chi connectivity index (χ1) is 9.63. The molecule has 6 heteroatoms. The summed E-state index contributed by atoms with van der Waals surface area (Å²) in [6.07, 6.45) is 1.55. The maximum Gasteiger partial charge on any atom is 0.219 e. The quantitative estimate of drug-likeness (QED) is 0.820. The summed E-state index contributed by atoms with van der Waals surface area (Å²) in [4.78, 5) is 4.40. The van der Waals surface area contributed by atoms with Gasteiger partial charge in [-0.25, -0.2) is 4.98 Å². The first-order valence-electron chi connectivity index (χ1n) is 5.85. The molecule has 0 fully saturated rings. The SMILES string of the molecule is COc1cc(CO)ccc1Oc1ccc(C(N)=S)cn1. The highest BCUT2D eigenvalue weighted by molar-refractivity contribution is 7.80. The van der Waals surface area contributed by atoms with E-state index in [-0.39, 0.29) is 11.6 Å². The lowest BCUT2D eigenvalue weighted by Gasteiger charge is -2.10. The first kappa shape index (κ1) is 14.2. The number of nitrogens with zero attached hydrogens (tertiary/aromatic N) is 1. The van der Waals surface area contributed by atoms with Crippen LogP contribution in [0.3, 0.4) is 0 Å². The molecule has 2 rings (SSSR count). The van der Waals surface area contributed by atoms with E-state index in [1.165, 1.54) is 7.11 Å². The summed E-state index contributed by atoms with van der Waals surface area (Å²) in [5.41, 5.74) is 6.92. The molecule has 2 aromatic rings. The Hall–Kier alpha value is -2.18. The molecule has 3 N–H and O–H groups in total. The molecule has 1 aromatic carbocycles. The summed E-state index contributed by atoms with van der Waals surface area (Å²) in [6, 6.07) is 8.58. The Bertz CT molecular complexity index is 614. The molecule has 20 heavy (non-hydrogen) atoms. The standard InChI is InChI=1S/C14H14N2O3S/c1-18-12-6-9(8-17)2-4-11(12)19-13-5-3-10(7-16-13)14(15)20/h2-7,17H,8H2,1H3,(H2,15,20). The summed E-state index contributed by atoms with van der Waals surface area (Å²) in [5, 5.41) is 9.09. The Morgan fingerprint density at radius 1 is 1.30 bits per heavy atom. The van der Waals surface area contributed by atoms with Gasteiger partial charge in [-0.15, -0.1) is 0 Å². The highest BCUT2D eigenvalue weighted by Crippen LogP contribution is 2.31. The van der Waals surface area contributed by atoms with Crippen LogP contribution in [0.25, 0.3) is 0 Å². The molecule has 104 valence electrons. The number of thiocarbonyl (C=S) groups is 1. The van der Waals surface area contributed by atoms with Crippen LogP contribution in [0.15, 0.2) is 36.5 Å². The summed E-state index contributed by atoms with van der Waals surface area (Å²) in [6.45, 7) is -0.0580. The number of aliphatic hydroxyl groups is 1. The molecule has 0 radical (unpaired) electrons. The monoisotopic (exact) mass is 290 g/mol. The van der Waals surface area contributed by atoms with E-state index in [2.05, 4.69) is 4.98 Å². The van der Waals surface area contributed by atoms with Crippen molar-refractivity contribution in [1.29, 1.82) is 0 Å². The van der Waals surface area contributed by atoms with Crippen molar-refractivity contribution in [3.05, 3.63) is 47.7 Å². The number of benzene rings is 1. The summed E-state index contributed by atoms with van der Waals surface area (Å²) in [7, 11) is 1.53. The fourth-order valence-electron chi connectivity index (χ4n) is 1.59. The Morgan fingerprint density at radius 2 is 2.10 bits per heavy atom. The molecule has 1 heterocycles. The molecule has 0 unspecified atom stereocenters. The van der Waals surface area contributed by atoms with Crippen LogP contribution >= 0.6 is 12.2 Å². The van der Waals surface area contributed by atoms with Crippen molar-refractivity contribution in [2.45, 2.75) is 6.61 Å². The van der Waals surface area contributed by atoms with Crippen LogP contribution in [0.2, 0.25) is 0 Å². The number of hydrogen-bond acceptors (Lipinski definition) is 5. The third-order valence-corrected chi connectivity index (χ3v) is 2.88. The van der Waals surface area contributed by atoms with Gasteiger partial charge in [0.15, 0.2) is 11.5 Å². The van der Waals surface area contributed by atoms with Gasteiger partial charge in [-0.2, -0.15) is 0 Å². The van der Waals surface area contributed by atoms with Crippen molar-refractivity contribution in [3.63, 3.8) is 0 Å². The number of aromatic nitrogens is 1. The molecule has 0 atom stereocenters. The van der Waals surface area contributed by atoms with Crippen molar-refractivity contribution < 1.29 is 14.6 Å². The van der Waals surface area contributed by atoms with E-state index in [0.717, 1.165) is 5.56 Å². The van der Waals surface area contributed by atoms with Crippen LogP contribution in [0.4, 0.5) is 0 Å². The van der Waals surface area contributed by atoms with Crippen LogP contribution in [-0.2, 0) is 6.61 Å². The van der Waals surface area contributed by atoms with Gasteiger partial charge in [0.2, 0.25) is 5.88 Å². The number of methoxy groups -OCH3 is 1. The molecule has 0 saturated heterocycles. The maximum atomic E-state index is 9.09. The van der Waals surface area contributed by atoms with Gasteiger partial charge in [-0.1, -0.05) is 18.3 Å². The van der Waals surface area contributed by atoms with Crippen molar-refractivity contribution in [2.75, 3.05) is 7.11 Å². The number of pyridine rings is 1. The smallest absolute Gasteiger partial charge is 0.219 e. The van der Waals surface area contributed by atoms with Gasteiger partial charge in [0.05, 0.1) is 13.7 Å². The third-order valence-electron chi connectivity index (χ3n) is 2.65. The average molecular weight is 290 g/mol. The molecular weight excluding hydrogens is 276 g/mol. The molecule has 5 nitrogen and oxygen atoms in total. The molecule has 0 saturated carbocycles. The van der Waals surface area contributed by atoms with Gasteiger partial charge in [-0.05, 0) is 23.8 Å². The van der Waals surface area contributed by atoms with E-state index >= 15 is 0 Å². The minimum Gasteiger partial charge on any atom is -0.493 e. The highest BCUT2D eigenvalue weighted by Gasteiger charge is 2.08. The molecular formula is C14H14N2O3S. The topological polar surface area (TPSA) is 77.6 Å². The van der Waals surface area contributed by atoms with Gasteiger partial charge in [-0.3, -0.25) is 0 Å². The third kappa shape index (κ3) is 3.23. The van der Waals surface area contributed by atoms with E-state index in [9.17, 15) is 0 Å². The summed E-state index contributed by atoms with van der Waals surface area (Å²) >= 11 is 4.86. The molecule has 0 aliphatic heterocycles. The van der Waals surface area contributed by atoms with Crippen molar-refractivity contribution in [3.8, 4) is 17.4 Å². The largest absolute Gasteiger partial charge is 0.493 e. The zero-order valence-corrected chi connectivity index (χ0v) is 11.7. The second-order valence-corrected chi connectivity index (χ2v) is 4.43. The second kappa shape index (κ2) is 6.31. The normalized spacial score (nSPS) is 10.1. The van der Waals surface area contributed by atoms with Crippen LogP contribution < -0.4 is 15.2 Å². The van der Waals surface area contributed by atoms with Crippen molar-refractivity contribution in [1.82, 2.24) is 4.98 Å². The first-order valence-corrected chi connectivity index (χ1v) is 6.26. The van der Waals surface area contributed by atoms with Gasteiger partial charge in [0.1, 0.15) is 4.99 Å². The zero-order chi connectivity index (χ0) is 14.5. The lowest BCUT2D eigenvalue weighted by atomic mass is 10.2. The van der Waals surface area contributed by atoms with Gasteiger partial charge >= 0.3 is 0 Å². The second-order valence-electron chi connectivity index (χ2n) is 3.99. The molecule has 1 aromatic heterocycles. The van der Waals surface area contributed by atoms with Crippen LogP contribution in [-0.4, -0.2) is 22.2 Å². The lowest BCUT2D eigenvalue weighted by Crippen LogP contribution is -2.09. The predicted octanol–water partition coefficient (Wildman–Crippen LogP) is 2.01. The van der Waals surface area contributed by atoms with E-state index < -0.39 is 0 Å². The highest BCUT2D eigenvalue weighted by atomic mass is 32.1. The number of ether oxygens (including phenoxy) is 2. The average Bonchev–Trinajstić information content (AvgIpc) is 2.48. The molecule has 0 aliphatic carbocycles. The van der Waals surface area contributed by atoms with Crippen LogP contribution in [0.1, 0.15) is 11.1 Å².